The molecule has 0 aliphatic heterocycles. The normalized spacial score (nSPS) is 13.0. The summed E-state index contributed by atoms with van der Waals surface area (Å²) < 4.78 is 41.9. The SMILES string of the molecule is Cc1oc(NC(=O)CN(C)CC(O)C(F)(F)F)c(C#N)c1C. The number of furan rings is 1. The minimum atomic E-state index is -4.74. The molecule has 1 heterocycles. The van der Waals surface area contributed by atoms with E-state index in [1.807, 2.05) is 6.07 Å². The van der Waals surface area contributed by atoms with E-state index < -0.39 is 31.3 Å². The van der Waals surface area contributed by atoms with Gasteiger partial charge in [0.15, 0.2) is 6.10 Å². The molecule has 1 rings (SSSR count). The number of rotatable bonds is 5. The zero-order chi connectivity index (χ0) is 17.1. The van der Waals surface area contributed by atoms with Crippen LogP contribution in [-0.2, 0) is 4.79 Å². The predicted octanol–water partition coefficient (Wildman–Crippen LogP) is 1.56. The van der Waals surface area contributed by atoms with E-state index in [9.17, 15) is 18.0 Å². The maximum absolute atomic E-state index is 12.2. The molecule has 1 unspecified atom stereocenters. The fourth-order valence-electron chi connectivity index (χ4n) is 1.72. The van der Waals surface area contributed by atoms with Crippen LogP contribution in [0.1, 0.15) is 16.9 Å². The molecule has 0 bridgehead atoms. The minimum Gasteiger partial charge on any atom is -0.444 e. The Balaban J connectivity index is 2.64. The first kappa shape index (κ1) is 18.0. The van der Waals surface area contributed by atoms with E-state index in [4.69, 9.17) is 14.8 Å². The van der Waals surface area contributed by atoms with Crippen LogP contribution in [0.25, 0.3) is 0 Å². The van der Waals surface area contributed by atoms with Crippen LogP contribution in [-0.4, -0.2) is 48.3 Å². The summed E-state index contributed by atoms with van der Waals surface area (Å²) in [5.74, 6) is -0.220. The van der Waals surface area contributed by atoms with E-state index in [1.54, 1.807) is 13.8 Å². The summed E-state index contributed by atoms with van der Waals surface area (Å²) in [7, 11) is 1.26. The zero-order valence-electron chi connectivity index (χ0n) is 12.3. The fraction of sp³-hybridized carbons (Fsp3) is 0.538. The topological polar surface area (TPSA) is 89.5 Å². The van der Waals surface area contributed by atoms with Crippen LogP contribution < -0.4 is 5.32 Å². The van der Waals surface area contributed by atoms with Gasteiger partial charge in [-0.2, -0.15) is 18.4 Å². The number of nitriles is 1. The van der Waals surface area contributed by atoms with E-state index in [0.29, 0.717) is 11.3 Å². The van der Waals surface area contributed by atoms with Gasteiger partial charge in [0.2, 0.25) is 11.8 Å². The molecule has 0 aliphatic rings. The van der Waals surface area contributed by atoms with Gasteiger partial charge in [0.25, 0.3) is 0 Å². The molecule has 0 radical (unpaired) electrons. The van der Waals surface area contributed by atoms with Crippen LogP contribution in [0.3, 0.4) is 0 Å². The van der Waals surface area contributed by atoms with Gasteiger partial charge in [0, 0.05) is 12.1 Å². The van der Waals surface area contributed by atoms with Crippen molar-refractivity contribution in [2.24, 2.45) is 0 Å². The number of aliphatic hydroxyl groups excluding tert-OH is 1. The molecule has 122 valence electrons. The molecule has 1 atom stereocenters. The van der Waals surface area contributed by atoms with Crippen molar-refractivity contribution < 1.29 is 27.5 Å². The first-order chi connectivity index (χ1) is 10.1. The molecule has 0 aromatic carbocycles. The lowest BCUT2D eigenvalue weighted by Crippen LogP contribution is -2.42. The number of halogens is 3. The number of likely N-dealkylation sites (N-methyl/N-ethyl adjacent to an activating group) is 1. The Kier molecular flexibility index (Phi) is 5.57. The number of nitrogens with one attached hydrogen (secondary N) is 1. The average Bonchev–Trinajstić information content (AvgIpc) is 2.62. The molecule has 0 aliphatic carbocycles. The number of carbonyl (C=O) groups excluding carboxylic acids is 1. The highest BCUT2D eigenvalue weighted by atomic mass is 19.4. The summed E-state index contributed by atoms with van der Waals surface area (Å²) in [5.41, 5.74) is 0.752. The molecule has 0 fully saturated rings. The van der Waals surface area contributed by atoms with Crippen molar-refractivity contribution in [2.45, 2.75) is 26.1 Å². The Morgan fingerprint density at radius 2 is 2.09 bits per heavy atom. The summed E-state index contributed by atoms with van der Waals surface area (Å²) in [5, 5.41) is 20.2. The van der Waals surface area contributed by atoms with E-state index in [0.717, 1.165) is 4.90 Å². The molecule has 9 heteroatoms. The number of aryl methyl sites for hydroxylation is 1. The van der Waals surface area contributed by atoms with Crippen molar-refractivity contribution in [1.82, 2.24) is 4.90 Å². The van der Waals surface area contributed by atoms with Crippen LogP contribution in [0.5, 0.6) is 0 Å². The van der Waals surface area contributed by atoms with Crippen molar-refractivity contribution in [2.75, 3.05) is 25.5 Å². The van der Waals surface area contributed by atoms with Crippen LogP contribution in [0.2, 0.25) is 0 Å². The van der Waals surface area contributed by atoms with Gasteiger partial charge in [0.1, 0.15) is 17.4 Å². The third-order valence-electron chi connectivity index (χ3n) is 3.03. The molecule has 0 spiro atoms. The Bertz CT molecular complexity index is 590. The summed E-state index contributed by atoms with van der Waals surface area (Å²) in [6.45, 7) is 2.14. The fourth-order valence-corrected chi connectivity index (χ4v) is 1.72. The second kappa shape index (κ2) is 6.81. The highest BCUT2D eigenvalue weighted by Crippen LogP contribution is 2.25. The van der Waals surface area contributed by atoms with Crippen molar-refractivity contribution in [1.29, 1.82) is 5.26 Å². The highest BCUT2D eigenvalue weighted by molar-refractivity contribution is 5.92. The zero-order valence-corrected chi connectivity index (χ0v) is 12.3. The summed E-state index contributed by atoms with van der Waals surface area (Å²) >= 11 is 0. The smallest absolute Gasteiger partial charge is 0.415 e. The molecule has 22 heavy (non-hydrogen) atoms. The van der Waals surface area contributed by atoms with Gasteiger partial charge in [-0.1, -0.05) is 0 Å². The van der Waals surface area contributed by atoms with Gasteiger partial charge < -0.3 is 9.52 Å². The van der Waals surface area contributed by atoms with Gasteiger partial charge in [0.05, 0.1) is 6.54 Å². The second-order valence-electron chi connectivity index (χ2n) is 4.90. The van der Waals surface area contributed by atoms with E-state index in [1.165, 1.54) is 7.05 Å². The van der Waals surface area contributed by atoms with Gasteiger partial charge in [-0.3, -0.25) is 15.0 Å². The molecule has 2 N–H and O–H groups in total. The standard InChI is InChI=1S/C13H16F3N3O3/c1-7-8(2)22-12(9(7)4-17)18-11(21)6-19(3)5-10(20)13(14,15)16/h10,20H,5-6H2,1-3H3,(H,18,21). The van der Waals surface area contributed by atoms with Crippen molar-refractivity contribution in [3.63, 3.8) is 0 Å². The molecule has 1 amide bonds. The van der Waals surface area contributed by atoms with E-state index >= 15 is 0 Å². The van der Waals surface area contributed by atoms with Crippen LogP contribution in [0.15, 0.2) is 4.42 Å². The molecule has 1 aromatic heterocycles. The first-order valence-corrected chi connectivity index (χ1v) is 6.29. The summed E-state index contributed by atoms with van der Waals surface area (Å²) in [6, 6.07) is 1.88. The largest absolute Gasteiger partial charge is 0.444 e. The number of carbonyl (C=O) groups is 1. The molecular weight excluding hydrogens is 303 g/mol. The lowest BCUT2D eigenvalue weighted by molar-refractivity contribution is -0.207. The molecule has 1 aromatic rings. The van der Waals surface area contributed by atoms with Gasteiger partial charge >= 0.3 is 6.18 Å². The van der Waals surface area contributed by atoms with Crippen molar-refractivity contribution in [3.8, 4) is 6.07 Å². The minimum absolute atomic E-state index is 0.0349. The van der Waals surface area contributed by atoms with E-state index in [2.05, 4.69) is 5.32 Å². The van der Waals surface area contributed by atoms with Gasteiger partial charge in [-0.25, -0.2) is 0 Å². The quantitative estimate of drug-likeness (QED) is 0.860. The third kappa shape index (κ3) is 4.47. The number of nitrogens with zero attached hydrogens (tertiary/aromatic N) is 2. The van der Waals surface area contributed by atoms with Gasteiger partial charge in [-0.15, -0.1) is 0 Å². The van der Waals surface area contributed by atoms with Crippen molar-refractivity contribution in [3.05, 3.63) is 16.9 Å². The highest BCUT2D eigenvalue weighted by Gasteiger charge is 2.38. The molecular formula is C13H16F3N3O3. The number of aliphatic hydroxyl groups is 1. The number of hydrogen-bond acceptors (Lipinski definition) is 5. The number of hydrogen-bond donors (Lipinski definition) is 2. The molecule has 0 saturated heterocycles. The third-order valence-corrected chi connectivity index (χ3v) is 3.03. The molecule has 6 nitrogen and oxygen atoms in total. The van der Waals surface area contributed by atoms with Crippen LogP contribution in [0, 0.1) is 25.2 Å². The van der Waals surface area contributed by atoms with Gasteiger partial charge in [-0.05, 0) is 20.9 Å². The Morgan fingerprint density at radius 1 is 1.50 bits per heavy atom. The monoisotopic (exact) mass is 319 g/mol. The van der Waals surface area contributed by atoms with E-state index in [-0.39, 0.29) is 11.4 Å². The maximum atomic E-state index is 12.2. The summed E-state index contributed by atoms with van der Waals surface area (Å²) in [6.07, 6.45) is -7.28. The Hall–Kier alpha value is -2.05. The van der Waals surface area contributed by atoms with Crippen LogP contribution >= 0.6 is 0 Å². The predicted molar refractivity (Wildman–Crippen MR) is 71.1 cm³/mol. The lowest BCUT2D eigenvalue weighted by Gasteiger charge is -2.21. The molecule has 0 saturated carbocycles. The van der Waals surface area contributed by atoms with Crippen molar-refractivity contribution >= 4 is 11.8 Å². The maximum Gasteiger partial charge on any atom is 0.415 e. The number of amides is 1. The first-order valence-electron chi connectivity index (χ1n) is 6.29. The lowest BCUT2D eigenvalue weighted by atomic mass is 10.2. The second-order valence-corrected chi connectivity index (χ2v) is 4.90. The Labute approximate surface area is 125 Å². The summed E-state index contributed by atoms with van der Waals surface area (Å²) in [4.78, 5) is 12.8. The number of anilines is 1. The van der Waals surface area contributed by atoms with Crippen LogP contribution in [0.4, 0.5) is 19.1 Å². The number of alkyl halides is 3. The average molecular weight is 319 g/mol. The Morgan fingerprint density at radius 3 is 2.59 bits per heavy atom.